The summed E-state index contributed by atoms with van der Waals surface area (Å²) < 4.78 is 65.8. The first-order valence-corrected chi connectivity index (χ1v) is 10.2. The van der Waals surface area contributed by atoms with Crippen molar-refractivity contribution in [1.82, 2.24) is 4.72 Å². The van der Waals surface area contributed by atoms with Gasteiger partial charge in [-0.3, -0.25) is 0 Å². The third-order valence-corrected chi connectivity index (χ3v) is 6.31. The summed E-state index contributed by atoms with van der Waals surface area (Å²) in [6.07, 6.45) is -4.54. The number of halogens is 3. The number of fused-ring (bicyclic) bond motifs is 1. The standard InChI is InChI=1S/C19H18F3NO5S/c20-19(21,22)13-5-7-14(8-6-13)29(27,28)23-16-3-1-2-11-10-12(4-9-15(11)16)17(24)18(25)26/h4-10,16-17,23-24H,1-3H2,(H,25,26). The molecule has 29 heavy (non-hydrogen) atoms. The van der Waals surface area contributed by atoms with Gasteiger partial charge in [-0.15, -0.1) is 0 Å². The SMILES string of the molecule is O=C(O)C(O)c1ccc2c(c1)CCCC2NS(=O)(=O)c1ccc(C(F)(F)F)cc1. The third kappa shape index (κ3) is 4.60. The van der Waals surface area contributed by atoms with E-state index in [4.69, 9.17) is 5.11 Å². The second kappa shape index (κ2) is 7.77. The van der Waals surface area contributed by atoms with E-state index in [0.29, 0.717) is 42.5 Å². The van der Waals surface area contributed by atoms with Crippen molar-refractivity contribution in [2.24, 2.45) is 0 Å². The summed E-state index contributed by atoms with van der Waals surface area (Å²) in [5.41, 5.74) is 0.619. The van der Waals surface area contributed by atoms with Gasteiger partial charge in [0.25, 0.3) is 0 Å². The Balaban J connectivity index is 1.85. The van der Waals surface area contributed by atoms with E-state index in [9.17, 15) is 31.5 Å². The number of aliphatic carboxylic acids is 1. The Labute approximate surface area is 165 Å². The first-order chi connectivity index (χ1) is 13.5. The topological polar surface area (TPSA) is 104 Å². The van der Waals surface area contributed by atoms with Crippen molar-refractivity contribution in [3.63, 3.8) is 0 Å². The number of alkyl halides is 3. The monoisotopic (exact) mass is 429 g/mol. The van der Waals surface area contributed by atoms with Crippen molar-refractivity contribution in [2.75, 3.05) is 0 Å². The molecule has 2 aromatic carbocycles. The van der Waals surface area contributed by atoms with Crippen LogP contribution in [0.1, 0.15) is 47.2 Å². The van der Waals surface area contributed by atoms with Crippen LogP contribution in [-0.4, -0.2) is 24.6 Å². The Morgan fingerprint density at radius 2 is 1.79 bits per heavy atom. The summed E-state index contributed by atoms with van der Waals surface area (Å²) in [5, 5.41) is 18.6. The summed E-state index contributed by atoms with van der Waals surface area (Å²) in [5.74, 6) is -1.39. The largest absolute Gasteiger partial charge is 0.479 e. The zero-order valence-electron chi connectivity index (χ0n) is 15.0. The number of sulfonamides is 1. The van der Waals surface area contributed by atoms with Crippen LogP contribution in [0.3, 0.4) is 0 Å². The maximum absolute atomic E-state index is 12.7. The lowest BCUT2D eigenvalue weighted by atomic mass is 9.86. The highest BCUT2D eigenvalue weighted by atomic mass is 32.2. The average Bonchev–Trinajstić information content (AvgIpc) is 2.66. The van der Waals surface area contributed by atoms with Crippen LogP contribution in [0.5, 0.6) is 0 Å². The summed E-state index contributed by atoms with van der Waals surface area (Å²) in [6, 6.07) is 7.14. The molecule has 0 fully saturated rings. The molecule has 0 spiro atoms. The Bertz CT molecular complexity index is 1020. The highest BCUT2D eigenvalue weighted by Gasteiger charge is 2.31. The lowest BCUT2D eigenvalue weighted by Crippen LogP contribution is -2.31. The fourth-order valence-corrected chi connectivity index (χ4v) is 4.60. The number of carbonyl (C=O) groups is 1. The van der Waals surface area contributed by atoms with Crippen molar-refractivity contribution in [3.8, 4) is 0 Å². The van der Waals surface area contributed by atoms with Crippen LogP contribution in [0.25, 0.3) is 0 Å². The zero-order chi connectivity index (χ0) is 21.4. The van der Waals surface area contributed by atoms with E-state index in [2.05, 4.69) is 4.72 Å². The van der Waals surface area contributed by atoms with Crippen LogP contribution in [0.4, 0.5) is 13.2 Å². The molecule has 0 aliphatic heterocycles. The summed E-state index contributed by atoms with van der Waals surface area (Å²) in [7, 11) is -4.07. The molecule has 3 rings (SSSR count). The van der Waals surface area contributed by atoms with Crippen LogP contribution >= 0.6 is 0 Å². The molecular weight excluding hydrogens is 411 g/mol. The van der Waals surface area contributed by atoms with E-state index in [1.54, 1.807) is 6.07 Å². The predicted octanol–water partition coefficient (Wildman–Crippen LogP) is 3.18. The van der Waals surface area contributed by atoms with Crippen LogP contribution in [0, 0.1) is 0 Å². The number of carboxylic acid groups (broad SMARTS) is 1. The summed E-state index contributed by atoms with van der Waals surface area (Å²) in [6.45, 7) is 0. The van der Waals surface area contributed by atoms with Crippen molar-refractivity contribution < 1.29 is 36.6 Å². The normalized spacial score (nSPS) is 18.1. The lowest BCUT2D eigenvalue weighted by molar-refractivity contribution is -0.147. The number of aliphatic hydroxyl groups excluding tert-OH is 1. The minimum atomic E-state index is -4.56. The van der Waals surface area contributed by atoms with Gasteiger partial charge in [0, 0.05) is 6.04 Å². The third-order valence-electron chi connectivity index (χ3n) is 4.82. The molecule has 3 N–H and O–H groups in total. The van der Waals surface area contributed by atoms with Crippen LogP contribution < -0.4 is 4.72 Å². The Morgan fingerprint density at radius 3 is 2.38 bits per heavy atom. The number of hydrogen-bond acceptors (Lipinski definition) is 4. The molecule has 0 bridgehead atoms. The fourth-order valence-electron chi connectivity index (χ4n) is 3.35. The van der Waals surface area contributed by atoms with Crippen molar-refractivity contribution in [1.29, 1.82) is 0 Å². The molecule has 0 amide bonds. The van der Waals surface area contributed by atoms with Gasteiger partial charge >= 0.3 is 12.1 Å². The van der Waals surface area contributed by atoms with Gasteiger partial charge in [-0.2, -0.15) is 13.2 Å². The van der Waals surface area contributed by atoms with Crippen LogP contribution in [0.2, 0.25) is 0 Å². The molecule has 0 saturated heterocycles. The first kappa shape index (κ1) is 21.3. The highest BCUT2D eigenvalue weighted by molar-refractivity contribution is 7.89. The number of hydrogen-bond donors (Lipinski definition) is 3. The minimum absolute atomic E-state index is 0.197. The van der Waals surface area contributed by atoms with Gasteiger partial charge in [-0.1, -0.05) is 18.2 Å². The van der Waals surface area contributed by atoms with Crippen molar-refractivity contribution >= 4 is 16.0 Å². The van der Waals surface area contributed by atoms with Gasteiger partial charge in [0.15, 0.2) is 6.10 Å². The number of rotatable bonds is 5. The number of aryl methyl sites for hydroxylation is 1. The molecule has 0 heterocycles. The molecule has 156 valence electrons. The van der Waals surface area contributed by atoms with E-state index in [0.717, 1.165) is 12.1 Å². The quantitative estimate of drug-likeness (QED) is 0.677. The molecule has 0 radical (unpaired) electrons. The maximum Gasteiger partial charge on any atom is 0.416 e. The molecule has 2 aromatic rings. The Hall–Kier alpha value is -2.43. The minimum Gasteiger partial charge on any atom is -0.479 e. The predicted molar refractivity (Wildman–Crippen MR) is 96.5 cm³/mol. The fraction of sp³-hybridized carbons (Fsp3) is 0.316. The molecule has 0 saturated carbocycles. The number of aliphatic hydroxyl groups is 1. The summed E-state index contributed by atoms with van der Waals surface area (Å²) in [4.78, 5) is 10.7. The van der Waals surface area contributed by atoms with Crippen LogP contribution in [-0.2, 0) is 27.4 Å². The highest BCUT2D eigenvalue weighted by Crippen LogP contribution is 2.34. The summed E-state index contributed by atoms with van der Waals surface area (Å²) >= 11 is 0. The second-order valence-corrected chi connectivity index (χ2v) is 8.50. The average molecular weight is 429 g/mol. The van der Waals surface area contributed by atoms with Gasteiger partial charge in [-0.05, 0) is 60.2 Å². The smallest absolute Gasteiger partial charge is 0.416 e. The van der Waals surface area contributed by atoms with E-state index >= 15 is 0 Å². The van der Waals surface area contributed by atoms with Crippen molar-refractivity contribution in [2.45, 2.75) is 42.5 Å². The molecule has 2 unspecified atom stereocenters. The zero-order valence-corrected chi connectivity index (χ0v) is 15.8. The van der Waals surface area contributed by atoms with Gasteiger partial charge in [0.2, 0.25) is 10.0 Å². The van der Waals surface area contributed by atoms with E-state index in [-0.39, 0.29) is 10.5 Å². The van der Waals surface area contributed by atoms with Crippen LogP contribution in [0.15, 0.2) is 47.4 Å². The molecule has 6 nitrogen and oxygen atoms in total. The number of carboxylic acids is 1. The molecule has 1 aliphatic rings. The van der Waals surface area contributed by atoms with Gasteiger partial charge in [-0.25, -0.2) is 17.9 Å². The van der Waals surface area contributed by atoms with Crippen molar-refractivity contribution in [3.05, 3.63) is 64.7 Å². The lowest BCUT2D eigenvalue weighted by Gasteiger charge is -2.27. The number of benzene rings is 2. The molecule has 10 heteroatoms. The van der Waals surface area contributed by atoms with E-state index in [1.165, 1.54) is 12.1 Å². The number of nitrogens with one attached hydrogen (secondary N) is 1. The molecule has 2 atom stereocenters. The first-order valence-electron chi connectivity index (χ1n) is 8.72. The van der Waals surface area contributed by atoms with Gasteiger partial charge in [0.1, 0.15) is 0 Å². The van der Waals surface area contributed by atoms with Gasteiger partial charge in [0.05, 0.1) is 10.5 Å². The Kier molecular flexibility index (Phi) is 5.70. The molecule has 1 aliphatic carbocycles. The molecular formula is C19H18F3NO5S. The molecule has 0 aromatic heterocycles. The second-order valence-electron chi connectivity index (χ2n) is 6.79. The Morgan fingerprint density at radius 1 is 1.14 bits per heavy atom. The van der Waals surface area contributed by atoms with E-state index < -0.39 is 39.9 Å². The van der Waals surface area contributed by atoms with E-state index in [1.807, 2.05) is 0 Å². The van der Waals surface area contributed by atoms with Gasteiger partial charge < -0.3 is 10.2 Å². The maximum atomic E-state index is 12.7.